The average Bonchev–Trinajstić information content (AvgIpc) is 2.59. The van der Waals surface area contributed by atoms with E-state index in [1.165, 1.54) is 12.1 Å². The van der Waals surface area contributed by atoms with Gasteiger partial charge in [0.25, 0.3) is 0 Å². The molecule has 2 aromatic rings. The third-order valence-corrected chi connectivity index (χ3v) is 3.18. The molecular formula is C10H7ClFNOS. The lowest BCUT2D eigenvalue weighted by Gasteiger charge is -1.99. The summed E-state index contributed by atoms with van der Waals surface area (Å²) in [7, 11) is 0. The van der Waals surface area contributed by atoms with Gasteiger partial charge in [0, 0.05) is 0 Å². The van der Waals surface area contributed by atoms with Crippen molar-refractivity contribution >= 4 is 22.9 Å². The van der Waals surface area contributed by atoms with Crippen molar-refractivity contribution in [1.29, 1.82) is 0 Å². The lowest BCUT2D eigenvalue weighted by Crippen LogP contribution is -1.93. The van der Waals surface area contributed by atoms with Gasteiger partial charge in [-0.3, -0.25) is 4.79 Å². The van der Waals surface area contributed by atoms with E-state index in [4.69, 9.17) is 11.6 Å². The number of aromatic amines is 1. The van der Waals surface area contributed by atoms with Crippen LogP contribution in [0.1, 0.15) is 5.69 Å². The van der Waals surface area contributed by atoms with Crippen molar-refractivity contribution in [2.75, 3.05) is 0 Å². The molecule has 0 aliphatic heterocycles. The molecule has 0 radical (unpaired) electrons. The molecule has 0 atom stereocenters. The molecule has 0 bridgehead atoms. The van der Waals surface area contributed by atoms with Crippen LogP contribution in [-0.4, -0.2) is 4.98 Å². The van der Waals surface area contributed by atoms with Gasteiger partial charge in [-0.2, -0.15) is 0 Å². The maximum Gasteiger partial charge on any atom is 0.305 e. The molecule has 0 amide bonds. The molecule has 2 rings (SSSR count). The Morgan fingerprint density at radius 3 is 2.93 bits per heavy atom. The summed E-state index contributed by atoms with van der Waals surface area (Å²) in [6.45, 7) is 0. The van der Waals surface area contributed by atoms with Gasteiger partial charge in [-0.1, -0.05) is 23.5 Å². The quantitative estimate of drug-likeness (QED) is 0.809. The van der Waals surface area contributed by atoms with Gasteiger partial charge in [-0.25, -0.2) is 4.39 Å². The fourth-order valence-electron chi connectivity index (χ4n) is 1.32. The number of benzene rings is 1. The molecule has 1 heterocycles. The fourth-order valence-corrected chi connectivity index (χ4v) is 2.45. The molecule has 0 spiro atoms. The highest BCUT2D eigenvalue weighted by Crippen LogP contribution is 2.26. The van der Waals surface area contributed by atoms with Crippen molar-refractivity contribution in [2.45, 2.75) is 5.88 Å². The maximum absolute atomic E-state index is 13.0. The van der Waals surface area contributed by atoms with Crippen LogP contribution in [0, 0.1) is 5.82 Å². The second-order valence-corrected chi connectivity index (χ2v) is 4.22. The largest absolute Gasteiger partial charge is 0.315 e. The zero-order valence-corrected chi connectivity index (χ0v) is 9.16. The minimum Gasteiger partial charge on any atom is -0.315 e. The van der Waals surface area contributed by atoms with E-state index >= 15 is 0 Å². The standard InChI is InChI=1S/C10H7ClFNOS/c11-5-8-9(15-10(14)13-8)6-2-1-3-7(12)4-6/h1-4H,5H2,(H,13,14). The highest BCUT2D eigenvalue weighted by atomic mass is 35.5. The first kappa shape index (κ1) is 10.4. The third kappa shape index (κ3) is 2.11. The molecule has 0 saturated heterocycles. The van der Waals surface area contributed by atoms with Gasteiger partial charge in [0.05, 0.1) is 16.5 Å². The smallest absolute Gasteiger partial charge is 0.305 e. The van der Waals surface area contributed by atoms with Crippen molar-refractivity contribution in [1.82, 2.24) is 4.98 Å². The molecule has 0 unspecified atom stereocenters. The number of thiazole rings is 1. The van der Waals surface area contributed by atoms with Gasteiger partial charge >= 0.3 is 4.87 Å². The van der Waals surface area contributed by atoms with E-state index in [9.17, 15) is 9.18 Å². The number of halogens is 2. The van der Waals surface area contributed by atoms with Gasteiger partial charge in [-0.05, 0) is 17.7 Å². The molecule has 5 heteroatoms. The van der Waals surface area contributed by atoms with E-state index in [0.29, 0.717) is 16.1 Å². The molecule has 78 valence electrons. The van der Waals surface area contributed by atoms with Crippen molar-refractivity contribution in [3.8, 4) is 10.4 Å². The summed E-state index contributed by atoms with van der Waals surface area (Å²) in [5.41, 5.74) is 1.31. The Balaban J connectivity index is 2.57. The van der Waals surface area contributed by atoms with E-state index in [0.717, 1.165) is 11.3 Å². The van der Waals surface area contributed by atoms with Gasteiger partial charge in [-0.15, -0.1) is 11.6 Å². The molecule has 0 fully saturated rings. The average molecular weight is 244 g/mol. The molecule has 15 heavy (non-hydrogen) atoms. The summed E-state index contributed by atoms with van der Waals surface area (Å²) in [4.78, 5) is 14.3. The minimum absolute atomic E-state index is 0.176. The van der Waals surface area contributed by atoms with Gasteiger partial charge in [0.1, 0.15) is 5.82 Å². The van der Waals surface area contributed by atoms with Gasteiger partial charge in [0.2, 0.25) is 0 Å². The molecule has 1 aromatic heterocycles. The summed E-state index contributed by atoms with van der Waals surface area (Å²) in [6, 6.07) is 6.10. The number of rotatable bonds is 2. The first-order valence-electron chi connectivity index (χ1n) is 4.24. The topological polar surface area (TPSA) is 32.9 Å². The minimum atomic E-state index is -0.325. The van der Waals surface area contributed by atoms with E-state index in [1.807, 2.05) is 0 Å². The van der Waals surface area contributed by atoms with Crippen LogP contribution < -0.4 is 4.87 Å². The Bertz CT molecular complexity index is 534. The molecule has 1 N–H and O–H groups in total. The van der Waals surface area contributed by atoms with Gasteiger partial charge < -0.3 is 4.98 Å². The first-order valence-corrected chi connectivity index (χ1v) is 5.59. The summed E-state index contributed by atoms with van der Waals surface area (Å²) < 4.78 is 13.0. The lowest BCUT2D eigenvalue weighted by molar-refractivity contribution is 0.628. The fraction of sp³-hybridized carbons (Fsp3) is 0.100. The summed E-state index contributed by atoms with van der Waals surface area (Å²) in [6.07, 6.45) is 0. The number of aromatic nitrogens is 1. The predicted octanol–water partition coefficient (Wildman–Crippen LogP) is 2.98. The van der Waals surface area contributed by atoms with Crippen LogP contribution >= 0.6 is 22.9 Å². The third-order valence-electron chi connectivity index (χ3n) is 1.94. The molecule has 0 aliphatic rings. The Morgan fingerprint density at radius 1 is 1.47 bits per heavy atom. The van der Waals surface area contributed by atoms with Crippen LogP contribution in [0.4, 0.5) is 4.39 Å². The number of hydrogen-bond donors (Lipinski definition) is 1. The Kier molecular flexibility index (Phi) is 2.88. The molecular weight excluding hydrogens is 237 g/mol. The maximum atomic E-state index is 13.0. The number of nitrogens with one attached hydrogen (secondary N) is 1. The summed E-state index contributed by atoms with van der Waals surface area (Å²) in [5, 5.41) is 0. The normalized spacial score (nSPS) is 10.5. The second-order valence-electron chi connectivity index (χ2n) is 2.97. The number of H-pyrrole nitrogens is 1. The second kappa shape index (κ2) is 4.16. The first-order chi connectivity index (χ1) is 7.20. The van der Waals surface area contributed by atoms with Crippen LogP contribution in [0.2, 0.25) is 0 Å². The van der Waals surface area contributed by atoms with Crippen LogP contribution in [0.3, 0.4) is 0 Å². The van der Waals surface area contributed by atoms with Crippen LogP contribution in [0.25, 0.3) is 10.4 Å². The lowest BCUT2D eigenvalue weighted by atomic mass is 10.1. The molecule has 0 saturated carbocycles. The summed E-state index contributed by atoms with van der Waals surface area (Å²) >= 11 is 6.72. The van der Waals surface area contributed by atoms with Crippen LogP contribution in [0.15, 0.2) is 29.1 Å². The summed E-state index contributed by atoms with van der Waals surface area (Å²) in [5.74, 6) is -0.112. The van der Waals surface area contributed by atoms with Crippen molar-refractivity contribution < 1.29 is 4.39 Å². The molecule has 1 aromatic carbocycles. The van der Waals surface area contributed by atoms with E-state index in [-0.39, 0.29) is 16.6 Å². The SMILES string of the molecule is O=c1[nH]c(CCl)c(-c2cccc(F)c2)s1. The highest BCUT2D eigenvalue weighted by molar-refractivity contribution is 7.13. The Morgan fingerprint density at radius 2 is 2.27 bits per heavy atom. The van der Waals surface area contributed by atoms with E-state index in [2.05, 4.69) is 4.98 Å². The predicted molar refractivity (Wildman–Crippen MR) is 59.9 cm³/mol. The molecule has 2 nitrogen and oxygen atoms in total. The van der Waals surface area contributed by atoms with Gasteiger partial charge in [0.15, 0.2) is 0 Å². The molecule has 0 aliphatic carbocycles. The zero-order valence-electron chi connectivity index (χ0n) is 7.59. The van der Waals surface area contributed by atoms with E-state index in [1.54, 1.807) is 12.1 Å². The highest BCUT2D eigenvalue weighted by Gasteiger charge is 2.09. The zero-order chi connectivity index (χ0) is 10.8. The van der Waals surface area contributed by atoms with E-state index < -0.39 is 0 Å². The number of alkyl halides is 1. The van der Waals surface area contributed by atoms with Crippen molar-refractivity contribution in [2.24, 2.45) is 0 Å². The van der Waals surface area contributed by atoms with Crippen molar-refractivity contribution in [3.05, 3.63) is 45.4 Å². The van der Waals surface area contributed by atoms with Crippen LogP contribution in [-0.2, 0) is 5.88 Å². The monoisotopic (exact) mass is 243 g/mol. The number of hydrogen-bond acceptors (Lipinski definition) is 2. The Labute approximate surface area is 94.3 Å². The van der Waals surface area contributed by atoms with Crippen molar-refractivity contribution in [3.63, 3.8) is 0 Å². The Hall–Kier alpha value is -1.13. The van der Waals surface area contributed by atoms with Crippen LogP contribution in [0.5, 0.6) is 0 Å².